The van der Waals surface area contributed by atoms with Crippen LogP contribution in [0.4, 0.5) is 23.0 Å². The van der Waals surface area contributed by atoms with Crippen molar-refractivity contribution in [1.82, 2.24) is 24.8 Å². The van der Waals surface area contributed by atoms with E-state index in [1.807, 2.05) is 24.7 Å². The lowest BCUT2D eigenvalue weighted by atomic mass is 10.1. The molecular weight excluding hydrogens is 472 g/mol. The third-order valence-electron chi connectivity index (χ3n) is 8.04. The number of rotatable bonds is 6. The summed E-state index contributed by atoms with van der Waals surface area (Å²) in [7, 11) is 2.18. The van der Waals surface area contributed by atoms with Gasteiger partial charge in [0, 0.05) is 74.0 Å². The number of aromatic nitrogens is 4. The molecule has 7 rings (SSSR count). The van der Waals surface area contributed by atoms with E-state index in [4.69, 9.17) is 9.97 Å². The monoisotopic (exact) mass is 506 g/mol. The molecule has 3 fully saturated rings. The molecule has 8 nitrogen and oxygen atoms in total. The zero-order valence-electron chi connectivity index (χ0n) is 22.0. The van der Waals surface area contributed by atoms with Crippen LogP contribution in [0.25, 0.3) is 22.3 Å². The number of anilines is 4. The molecule has 2 saturated heterocycles. The highest BCUT2D eigenvalue weighted by atomic mass is 15.2. The fourth-order valence-corrected chi connectivity index (χ4v) is 5.71. The minimum absolute atomic E-state index is 0.598. The summed E-state index contributed by atoms with van der Waals surface area (Å²) < 4.78 is 0. The number of benzene rings is 1. The van der Waals surface area contributed by atoms with Crippen LogP contribution in [0, 0.1) is 0 Å². The van der Waals surface area contributed by atoms with Gasteiger partial charge in [-0.25, -0.2) is 15.0 Å². The van der Waals surface area contributed by atoms with Crippen LogP contribution in [0.15, 0.2) is 55.0 Å². The largest absolute Gasteiger partial charge is 0.369 e. The number of nitrogens with zero attached hydrogens (tertiary/aromatic N) is 7. The first-order valence-electron chi connectivity index (χ1n) is 13.9. The van der Waals surface area contributed by atoms with E-state index in [-0.39, 0.29) is 0 Å². The maximum atomic E-state index is 5.17. The Balaban J connectivity index is 1.21. The molecule has 1 N–H and O–H groups in total. The van der Waals surface area contributed by atoms with Crippen molar-refractivity contribution in [3.05, 3.63) is 60.6 Å². The molecule has 38 heavy (non-hydrogen) atoms. The summed E-state index contributed by atoms with van der Waals surface area (Å²) in [5, 5.41) is 4.71. The summed E-state index contributed by atoms with van der Waals surface area (Å²) in [5.41, 5.74) is 5.48. The zero-order valence-corrected chi connectivity index (χ0v) is 22.0. The quantitative estimate of drug-likeness (QED) is 0.389. The molecule has 0 amide bonds. The standard InChI is InChI=1S/C30H34N8/c1-36-13-15-37(16-14-36)24-6-4-5-23(18-24)33-27-17-22(9-10-32-27)29-34-26-20-31-19-25(21-7-8-21)28(26)30(35-29)38-11-2-3-12-38/h4-6,9-10,17-21H,2-3,7-8,11-16H2,1H3,(H,32,33). The van der Waals surface area contributed by atoms with Gasteiger partial charge in [-0.2, -0.15) is 0 Å². The Bertz CT molecular complexity index is 1450. The van der Waals surface area contributed by atoms with Crippen molar-refractivity contribution in [3.8, 4) is 11.4 Å². The van der Waals surface area contributed by atoms with Crippen LogP contribution in [0.5, 0.6) is 0 Å². The van der Waals surface area contributed by atoms with Gasteiger partial charge in [-0.15, -0.1) is 0 Å². The highest BCUT2D eigenvalue weighted by molar-refractivity contribution is 5.94. The van der Waals surface area contributed by atoms with Gasteiger partial charge in [-0.1, -0.05) is 6.07 Å². The van der Waals surface area contributed by atoms with E-state index in [1.165, 1.54) is 42.3 Å². The van der Waals surface area contributed by atoms with Crippen molar-refractivity contribution in [2.75, 3.05) is 61.4 Å². The first-order valence-corrected chi connectivity index (χ1v) is 13.9. The fourth-order valence-electron chi connectivity index (χ4n) is 5.71. The molecule has 0 spiro atoms. The molecule has 0 unspecified atom stereocenters. The van der Waals surface area contributed by atoms with Crippen LogP contribution >= 0.6 is 0 Å². The summed E-state index contributed by atoms with van der Waals surface area (Å²) in [6, 6.07) is 12.7. The Hall–Kier alpha value is -3.78. The minimum atomic E-state index is 0.598. The van der Waals surface area contributed by atoms with E-state index in [2.05, 4.69) is 67.4 Å². The molecule has 194 valence electrons. The van der Waals surface area contributed by atoms with Crippen molar-refractivity contribution in [2.45, 2.75) is 31.6 Å². The highest BCUT2D eigenvalue weighted by Crippen LogP contribution is 2.45. The normalized spacial score (nSPS) is 18.3. The Kier molecular flexibility index (Phi) is 6.04. The predicted octanol–water partition coefficient (Wildman–Crippen LogP) is 5.06. The van der Waals surface area contributed by atoms with Crippen molar-refractivity contribution in [1.29, 1.82) is 0 Å². The Labute approximate surface area is 223 Å². The molecule has 1 saturated carbocycles. The average molecular weight is 507 g/mol. The third-order valence-corrected chi connectivity index (χ3v) is 8.04. The molecule has 1 aromatic carbocycles. The summed E-state index contributed by atoms with van der Waals surface area (Å²) in [5.74, 6) is 3.18. The van der Waals surface area contributed by atoms with E-state index in [1.54, 1.807) is 0 Å². The zero-order chi connectivity index (χ0) is 25.5. The second-order valence-corrected chi connectivity index (χ2v) is 10.9. The van der Waals surface area contributed by atoms with Gasteiger partial charge in [0.25, 0.3) is 0 Å². The van der Waals surface area contributed by atoms with E-state index >= 15 is 0 Å². The summed E-state index contributed by atoms with van der Waals surface area (Å²) in [6.45, 7) is 6.36. The smallest absolute Gasteiger partial charge is 0.162 e. The Morgan fingerprint density at radius 2 is 1.71 bits per heavy atom. The minimum Gasteiger partial charge on any atom is -0.369 e. The molecule has 2 aliphatic heterocycles. The van der Waals surface area contributed by atoms with Crippen LogP contribution < -0.4 is 15.1 Å². The van der Waals surface area contributed by atoms with Crippen LogP contribution in [-0.2, 0) is 0 Å². The summed E-state index contributed by atoms with van der Waals surface area (Å²) in [4.78, 5) is 26.6. The first kappa shape index (κ1) is 23.3. The van der Waals surface area contributed by atoms with Crippen LogP contribution in [0.1, 0.15) is 37.2 Å². The lowest BCUT2D eigenvalue weighted by molar-refractivity contribution is 0.313. The Morgan fingerprint density at radius 1 is 0.868 bits per heavy atom. The maximum Gasteiger partial charge on any atom is 0.162 e. The van der Waals surface area contributed by atoms with Crippen LogP contribution in [0.2, 0.25) is 0 Å². The van der Waals surface area contributed by atoms with Crippen LogP contribution in [-0.4, -0.2) is 71.2 Å². The SMILES string of the molecule is CN1CCN(c2cccc(Nc3cc(-c4nc(N5CCCC5)c5c(C6CC6)cncc5n4)ccn3)c2)CC1. The molecular formula is C30H34N8. The van der Waals surface area contributed by atoms with Gasteiger partial charge >= 0.3 is 0 Å². The topological polar surface area (TPSA) is 73.3 Å². The van der Waals surface area contributed by atoms with Crippen molar-refractivity contribution >= 4 is 33.9 Å². The number of pyridine rings is 2. The van der Waals surface area contributed by atoms with Gasteiger partial charge in [-0.3, -0.25) is 4.98 Å². The number of nitrogens with one attached hydrogen (secondary N) is 1. The van der Waals surface area contributed by atoms with Gasteiger partial charge in [0.05, 0.1) is 11.7 Å². The number of fused-ring (bicyclic) bond motifs is 1. The van der Waals surface area contributed by atoms with Gasteiger partial charge in [0.1, 0.15) is 11.6 Å². The predicted molar refractivity (Wildman–Crippen MR) is 153 cm³/mol. The molecule has 0 radical (unpaired) electrons. The molecule has 1 aliphatic carbocycles. The second kappa shape index (κ2) is 9.83. The molecule has 4 aromatic rings. The fraction of sp³-hybridized carbons (Fsp3) is 0.400. The van der Waals surface area contributed by atoms with Gasteiger partial charge in [0.15, 0.2) is 5.82 Å². The molecule has 0 atom stereocenters. The van der Waals surface area contributed by atoms with Crippen molar-refractivity contribution in [2.24, 2.45) is 0 Å². The number of piperazine rings is 1. The highest BCUT2D eigenvalue weighted by Gasteiger charge is 2.29. The number of hydrogen-bond donors (Lipinski definition) is 1. The van der Waals surface area contributed by atoms with E-state index < -0.39 is 0 Å². The van der Waals surface area contributed by atoms with Crippen molar-refractivity contribution in [3.63, 3.8) is 0 Å². The van der Waals surface area contributed by atoms with Crippen LogP contribution in [0.3, 0.4) is 0 Å². The summed E-state index contributed by atoms with van der Waals surface area (Å²) in [6.07, 6.45) is 10.7. The van der Waals surface area contributed by atoms with E-state index in [9.17, 15) is 0 Å². The van der Waals surface area contributed by atoms with Crippen molar-refractivity contribution < 1.29 is 0 Å². The number of likely N-dealkylation sites (N-methyl/N-ethyl adjacent to an activating group) is 1. The lowest BCUT2D eigenvalue weighted by Gasteiger charge is -2.34. The van der Waals surface area contributed by atoms with Gasteiger partial charge < -0.3 is 20.0 Å². The number of hydrogen-bond acceptors (Lipinski definition) is 8. The molecule has 3 aromatic heterocycles. The molecule has 5 heterocycles. The maximum absolute atomic E-state index is 5.17. The second-order valence-electron chi connectivity index (χ2n) is 10.9. The van der Waals surface area contributed by atoms with Gasteiger partial charge in [0.2, 0.25) is 0 Å². The molecule has 0 bridgehead atoms. The summed E-state index contributed by atoms with van der Waals surface area (Å²) >= 11 is 0. The van der Waals surface area contributed by atoms with Gasteiger partial charge in [-0.05, 0) is 74.5 Å². The third kappa shape index (κ3) is 4.65. The average Bonchev–Trinajstić information content (AvgIpc) is 3.66. The molecule has 8 heteroatoms. The Morgan fingerprint density at radius 3 is 2.53 bits per heavy atom. The first-order chi connectivity index (χ1) is 18.7. The van der Waals surface area contributed by atoms with E-state index in [0.717, 1.165) is 73.5 Å². The van der Waals surface area contributed by atoms with E-state index in [0.29, 0.717) is 5.92 Å². The molecule has 3 aliphatic rings. The lowest BCUT2D eigenvalue weighted by Crippen LogP contribution is -2.44.